The molecule has 1 fully saturated rings. The summed E-state index contributed by atoms with van der Waals surface area (Å²) in [5.74, 6) is 1.25. The normalized spacial score (nSPS) is 15.1. The van der Waals surface area contributed by atoms with E-state index in [1.165, 1.54) is 32.4 Å². The number of aromatic nitrogens is 2. The Balaban J connectivity index is 1.78. The Labute approximate surface area is 223 Å². The van der Waals surface area contributed by atoms with E-state index in [2.05, 4.69) is 21.0 Å². The van der Waals surface area contributed by atoms with Crippen molar-refractivity contribution in [3.63, 3.8) is 0 Å². The van der Waals surface area contributed by atoms with Crippen molar-refractivity contribution in [1.29, 1.82) is 0 Å². The minimum absolute atomic E-state index is 0.159. The van der Waals surface area contributed by atoms with Crippen LogP contribution >= 0.6 is 15.9 Å². The van der Waals surface area contributed by atoms with Crippen molar-refractivity contribution in [3.05, 3.63) is 56.5 Å². The summed E-state index contributed by atoms with van der Waals surface area (Å²) in [5.41, 5.74) is 1.04. The summed E-state index contributed by atoms with van der Waals surface area (Å²) >= 11 is 3.45. The Bertz CT molecular complexity index is 1360. The highest BCUT2D eigenvalue weighted by atomic mass is 79.9. The molecule has 1 aliphatic carbocycles. The van der Waals surface area contributed by atoms with Gasteiger partial charge in [-0.25, -0.2) is 9.78 Å². The number of benzene rings is 2. The van der Waals surface area contributed by atoms with Crippen LogP contribution in [0.3, 0.4) is 0 Å². The molecule has 0 saturated heterocycles. The van der Waals surface area contributed by atoms with Crippen molar-refractivity contribution in [2.45, 2.75) is 51.0 Å². The molecule has 0 amide bonds. The predicted octanol–water partition coefficient (Wildman–Crippen LogP) is 5.05. The molecule has 0 aliphatic heterocycles. The molecule has 2 aromatic carbocycles. The number of halogens is 1. The second-order valence-electron chi connectivity index (χ2n) is 8.87. The first-order chi connectivity index (χ1) is 17.9. The molecule has 1 heterocycles. The first-order valence-electron chi connectivity index (χ1n) is 12.1. The van der Waals surface area contributed by atoms with Gasteiger partial charge in [0.15, 0.2) is 17.6 Å². The SMILES string of the molecule is COC(=O)[C@H](C)Oc1c(OC)cc(C=Nn2c(C3CCCCC3)nc3ccc(Br)cc3c2=O)cc1OC. The zero-order valence-electron chi connectivity index (χ0n) is 21.3. The van der Waals surface area contributed by atoms with Crippen LogP contribution in [0.1, 0.15) is 56.3 Å². The maximum absolute atomic E-state index is 13.6. The second-order valence-corrected chi connectivity index (χ2v) is 9.78. The van der Waals surface area contributed by atoms with E-state index in [1.807, 2.05) is 12.1 Å². The molecule has 196 valence electrons. The van der Waals surface area contributed by atoms with Crippen LogP contribution in [-0.4, -0.2) is 49.3 Å². The quantitative estimate of drug-likeness (QED) is 0.275. The summed E-state index contributed by atoms with van der Waals surface area (Å²) in [4.78, 5) is 30.3. The van der Waals surface area contributed by atoms with Crippen LogP contribution < -0.4 is 19.8 Å². The minimum atomic E-state index is -0.869. The summed E-state index contributed by atoms with van der Waals surface area (Å²) < 4.78 is 23.7. The Morgan fingerprint density at radius 3 is 2.41 bits per heavy atom. The number of hydrogen-bond acceptors (Lipinski definition) is 8. The molecule has 0 N–H and O–H groups in total. The summed E-state index contributed by atoms with van der Waals surface area (Å²) in [6.45, 7) is 1.57. The molecule has 4 rings (SSSR count). The van der Waals surface area contributed by atoms with Crippen molar-refractivity contribution in [2.75, 3.05) is 21.3 Å². The van der Waals surface area contributed by atoms with Gasteiger partial charge >= 0.3 is 5.97 Å². The van der Waals surface area contributed by atoms with E-state index in [0.29, 0.717) is 33.8 Å². The number of esters is 1. The summed E-state index contributed by atoms with van der Waals surface area (Å²) in [6.07, 6.45) is 6.02. The molecule has 0 unspecified atom stereocenters. The molecule has 37 heavy (non-hydrogen) atoms. The molecular formula is C27H30BrN3O6. The lowest BCUT2D eigenvalue weighted by Gasteiger charge is -2.22. The highest BCUT2D eigenvalue weighted by molar-refractivity contribution is 9.10. The molecule has 1 aliphatic rings. The van der Waals surface area contributed by atoms with E-state index < -0.39 is 12.1 Å². The van der Waals surface area contributed by atoms with Gasteiger partial charge in [-0.05, 0) is 50.1 Å². The Kier molecular flexibility index (Phi) is 8.48. The molecule has 0 bridgehead atoms. The van der Waals surface area contributed by atoms with Gasteiger partial charge in [-0.15, -0.1) is 0 Å². The van der Waals surface area contributed by atoms with E-state index in [1.54, 1.807) is 31.3 Å². The molecular weight excluding hydrogens is 542 g/mol. The van der Waals surface area contributed by atoms with Crippen LogP contribution in [0.2, 0.25) is 0 Å². The van der Waals surface area contributed by atoms with Crippen LogP contribution in [0.4, 0.5) is 0 Å². The Morgan fingerprint density at radius 2 is 1.78 bits per heavy atom. The zero-order valence-corrected chi connectivity index (χ0v) is 22.9. The largest absolute Gasteiger partial charge is 0.493 e. The lowest BCUT2D eigenvalue weighted by Crippen LogP contribution is -2.25. The highest BCUT2D eigenvalue weighted by Crippen LogP contribution is 2.39. The van der Waals surface area contributed by atoms with Crippen LogP contribution in [0, 0.1) is 0 Å². The highest BCUT2D eigenvalue weighted by Gasteiger charge is 2.24. The van der Waals surface area contributed by atoms with E-state index in [0.717, 1.165) is 30.2 Å². The molecule has 0 spiro atoms. The van der Waals surface area contributed by atoms with Crippen molar-refractivity contribution < 1.29 is 23.7 Å². The van der Waals surface area contributed by atoms with E-state index in [4.69, 9.17) is 23.9 Å². The molecule has 1 atom stereocenters. The van der Waals surface area contributed by atoms with Crippen LogP contribution in [-0.2, 0) is 9.53 Å². The molecule has 10 heteroatoms. The molecule has 0 radical (unpaired) electrons. The summed E-state index contributed by atoms with van der Waals surface area (Å²) in [7, 11) is 4.27. The van der Waals surface area contributed by atoms with Gasteiger partial charge in [0.1, 0.15) is 5.82 Å². The molecule has 3 aromatic rings. The fraction of sp³-hybridized carbons (Fsp3) is 0.407. The van der Waals surface area contributed by atoms with Gasteiger partial charge in [0.2, 0.25) is 5.75 Å². The zero-order chi connectivity index (χ0) is 26.5. The maximum atomic E-state index is 13.6. The van der Waals surface area contributed by atoms with E-state index >= 15 is 0 Å². The fourth-order valence-electron chi connectivity index (χ4n) is 4.51. The smallest absolute Gasteiger partial charge is 0.346 e. The third-order valence-corrected chi connectivity index (χ3v) is 6.93. The van der Waals surface area contributed by atoms with Crippen molar-refractivity contribution in [2.24, 2.45) is 5.10 Å². The van der Waals surface area contributed by atoms with Gasteiger partial charge in [-0.1, -0.05) is 35.2 Å². The monoisotopic (exact) mass is 571 g/mol. The predicted molar refractivity (Wildman–Crippen MR) is 144 cm³/mol. The summed E-state index contributed by atoms with van der Waals surface area (Å²) in [5, 5.41) is 5.08. The van der Waals surface area contributed by atoms with E-state index in [9.17, 15) is 9.59 Å². The van der Waals surface area contributed by atoms with Crippen molar-refractivity contribution >= 4 is 39.0 Å². The molecule has 1 aromatic heterocycles. The number of carbonyl (C=O) groups is 1. The lowest BCUT2D eigenvalue weighted by atomic mass is 9.88. The number of carbonyl (C=O) groups excluding carboxylic acids is 1. The third-order valence-electron chi connectivity index (χ3n) is 6.44. The first kappa shape index (κ1) is 26.7. The number of nitrogens with zero attached hydrogens (tertiary/aromatic N) is 3. The average Bonchev–Trinajstić information content (AvgIpc) is 2.92. The fourth-order valence-corrected chi connectivity index (χ4v) is 4.87. The van der Waals surface area contributed by atoms with Gasteiger partial charge < -0.3 is 18.9 Å². The topological polar surface area (TPSA) is 101 Å². The lowest BCUT2D eigenvalue weighted by molar-refractivity contribution is -0.148. The summed E-state index contributed by atoms with van der Waals surface area (Å²) in [6, 6.07) is 8.90. The van der Waals surface area contributed by atoms with Crippen molar-refractivity contribution in [1.82, 2.24) is 9.66 Å². The maximum Gasteiger partial charge on any atom is 0.346 e. The number of fused-ring (bicyclic) bond motifs is 1. The van der Waals surface area contributed by atoms with Crippen LogP contribution in [0.25, 0.3) is 10.9 Å². The van der Waals surface area contributed by atoms with Gasteiger partial charge in [0.25, 0.3) is 5.56 Å². The van der Waals surface area contributed by atoms with E-state index in [-0.39, 0.29) is 17.2 Å². The van der Waals surface area contributed by atoms with Gasteiger partial charge in [-0.2, -0.15) is 9.78 Å². The third kappa shape index (κ3) is 5.79. The number of methoxy groups -OCH3 is 3. The van der Waals surface area contributed by atoms with Crippen LogP contribution in [0.15, 0.2) is 44.7 Å². The number of rotatable bonds is 8. The second kappa shape index (κ2) is 11.8. The Hall–Kier alpha value is -3.40. The van der Waals surface area contributed by atoms with Gasteiger partial charge in [0, 0.05) is 16.0 Å². The average molecular weight is 572 g/mol. The van der Waals surface area contributed by atoms with Gasteiger partial charge in [-0.3, -0.25) is 4.79 Å². The number of hydrogen-bond donors (Lipinski definition) is 0. The Morgan fingerprint density at radius 1 is 1.11 bits per heavy atom. The minimum Gasteiger partial charge on any atom is -0.493 e. The standard InChI is InChI=1S/C27H30BrN3O6/c1-16(27(33)36-4)37-24-22(34-2)12-17(13-23(24)35-3)15-29-31-25(18-8-6-5-7-9-18)30-21-11-10-19(28)14-20(21)26(31)32/h10-16,18H,5-9H2,1-4H3/t16-/m0/s1. The molecule has 9 nitrogen and oxygen atoms in total. The van der Waals surface area contributed by atoms with Gasteiger partial charge in [0.05, 0.1) is 38.4 Å². The van der Waals surface area contributed by atoms with Crippen molar-refractivity contribution in [3.8, 4) is 17.2 Å². The first-order valence-corrected chi connectivity index (χ1v) is 12.9. The molecule has 1 saturated carbocycles. The van der Waals surface area contributed by atoms with Crippen LogP contribution in [0.5, 0.6) is 17.2 Å². The number of ether oxygens (including phenoxy) is 4.